The maximum atomic E-state index is 12.8. The van der Waals surface area contributed by atoms with Gasteiger partial charge >= 0.3 is 22.2 Å². The van der Waals surface area contributed by atoms with Crippen LogP contribution in [0.1, 0.15) is 24.0 Å². The quantitative estimate of drug-likeness (QED) is 0.498. The molecule has 13 heteroatoms. The third-order valence-corrected chi connectivity index (χ3v) is 6.65. The fourth-order valence-electron chi connectivity index (χ4n) is 3.77. The van der Waals surface area contributed by atoms with E-state index in [4.69, 9.17) is 10.6 Å². The summed E-state index contributed by atoms with van der Waals surface area (Å²) in [5.74, 6) is -0.339. The molecule has 2 aliphatic rings. The Hall–Kier alpha value is -3.19. The number of nitrogens with zero attached hydrogens (tertiary/aromatic N) is 4. The molecule has 2 bridgehead atoms. The number of sulfonamides is 1. The van der Waals surface area contributed by atoms with Gasteiger partial charge in [0.15, 0.2) is 5.03 Å². The highest BCUT2D eigenvalue weighted by Crippen LogP contribution is 2.31. The second kappa shape index (κ2) is 8.63. The molecule has 176 valence electrons. The smallest absolute Gasteiger partial charge is 0.385 e. The number of halogens is 3. The van der Waals surface area contributed by atoms with E-state index >= 15 is 0 Å². The van der Waals surface area contributed by atoms with Crippen molar-refractivity contribution in [3.05, 3.63) is 59.8 Å². The Bertz CT molecular complexity index is 1160. The Morgan fingerprint density at radius 3 is 2.55 bits per heavy atom. The first-order valence-electron chi connectivity index (χ1n) is 9.96. The number of nitrogens with two attached hydrogens (primary N) is 1. The lowest BCUT2D eigenvalue weighted by Crippen LogP contribution is -2.48. The van der Waals surface area contributed by atoms with Crippen molar-refractivity contribution < 1.29 is 31.2 Å². The number of rotatable bonds is 6. The number of benzene rings is 1. The number of hydrogen-bond donors (Lipinski definition) is 1. The van der Waals surface area contributed by atoms with Crippen LogP contribution in [0.2, 0.25) is 0 Å². The Labute approximate surface area is 187 Å². The van der Waals surface area contributed by atoms with Crippen LogP contribution in [0.4, 0.5) is 18.0 Å². The largest absolute Gasteiger partial charge is 0.417 e. The average Bonchev–Trinajstić information content (AvgIpc) is 3.01. The lowest BCUT2D eigenvalue weighted by atomic mass is 10.0. The third kappa shape index (κ3) is 4.78. The fraction of sp³-hybridized carbons (Fsp3) is 0.350. The predicted octanol–water partition coefficient (Wildman–Crippen LogP) is 2.55. The summed E-state index contributed by atoms with van der Waals surface area (Å²) in [5, 5.41) is 0.597. The molecule has 2 aliphatic heterocycles. The molecular weight excluding hydrogens is 463 g/mol. The molecule has 2 amide bonds. The molecule has 1 aromatic carbocycles. The molecule has 0 saturated carbocycles. The molecule has 2 saturated heterocycles. The molecule has 2 aromatic rings. The van der Waals surface area contributed by atoms with Gasteiger partial charge in [0.25, 0.3) is 0 Å². The number of hydrogen-bond acceptors (Lipinski definition) is 5. The van der Waals surface area contributed by atoms with Crippen molar-refractivity contribution >= 4 is 21.9 Å². The number of alkyl halides is 3. The zero-order chi connectivity index (χ0) is 23.8. The van der Waals surface area contributed by atoms with Crippen LogP contribution >= 0.6 is 0 Å². The summed E-state index contributed by atoms with van der Waals surface area (Å²) in [6, 6.07) is 9.15. The molecule has 0 radical (unpaired) electrons. The highest BCUT2D eigenvalue weighted by Gasteiger charge is 2.47. The van der Waals surface area contributed by atoms with E-state index in [0.717, 1.165) is 5.56 Å². The van der Waals surface area contributed by atoms with Crippen molar-refractivity contribution in [2.24, 2.45) is 10.1 Å². The molecule has 2 fully saturated rings. The number of piperidine rings is 1. The van der Waals surface area contributed by atoms with Crippen LogP contribution in [0, 0.1) is 0 Å². The van der Waals surface area contributed by atoms with Crippen LogP contribution in [0.25, 0.3) is 0 Å². The van der Waals surface area contributed by atoms with Gasteiger partial charge in [-0.25, -0.2) is 9.78 Å². The van der Waals surface area contributed by atoms with Crippen LogP contribution in [0.5, 0.6) is 0 Å². The number of hydroxylamine groups is 2. The van der Waals surface area contributed by atoms with Crippen molar-refractivity contribution in [2.45, 2.75) is 42.7 Å². The summed E-state index contributed by atoms with van der Waals surface area (Å²) in [7, 11) is -4.46. The van der Waals surface area contributed by atoms with Crippen LogP contribution < -0.4 is 5.73 Å². The zero-order valence-electron chi connectivity index (χ0n) is 17.1. The lowest BCUT2D eigenvalue weighted by molar-refractivity contribution is -0.140. The number of pyridine rings is 1. The van der Waals surface area contributed by atoms with E-state index in [2.05, 4.69) is 9.38 Å². The summed E-state index contributed by atoms with van der Waals surface area (Å²) >= 11 is 0. The topological polar surface area (TPSA) is 118 Å². The molecule has 9 nitrogen and oxygen atoms in total. The lowest BCUT2D eigenvalue weighted by Gasteiger charge is -2.29. The second-order valence-corrected chi connectivity index (χ2v) is 9.19. The van der Waals surface area contributed by atoms with E-state index in [1.165, 1.54) is 9.96 Å². The number of urea groups is 1. The van der Waals surface area contributed by atoms with Gasteiger partial charge < -0.3 is 10.6 Å². The molecule has 0 aliphatic carbocycles. The standard InChI is InChI=1S/C20H20F3N5O4S/c21-20(22,23)14-6-9-17(25-10-14)33(30,31)26-18(24)16-8-7-15-11-27(16)19(29)28(15)32-12-13-4-2-1-3-5-13/h1-6,9-10,15-16H,7-8,11-12H2,(H2,24,26)/t15-,16+/m1/s1. The SMILES string of the molecule is NC(=NS(=O)(=O)c1ccc(C(F)(F)F)cn1)[C@@H]1CC[C@@H]2CN1C(=O)N2OCc1ccccc1. The summed E-state index contributed by atoms with van der Waals surface area (Å²) in [6.07, 6.45) is -3.38. The van der Waals surface area contributed by atoms with Crippen LogP contribution in [0.15, 0.2) is 58.1 Å². The van der Waals surface area contributed by atoms with Crippen molar-refractivity contribution in [3.8, 4) is 0 Å². The van der Waals surface area contributed by atoms with Crippen LogP contribution in [0.3, 0.4) is 0 Å². The van der Waals surface area contributed by atoms with Crippen molar-refractivity contribution in [1.82, 2.24) is 14.9 Å². The van der Waals surface area contributed by atoms with Crippen LogP contribution in [-0.2, 0) is 27.6 Å². The van der Waals surface area contributed by atoms with Gasteiger partial charge in [-0.2, -0.15) is 26.7 Å². The Kier molecular flexibility index (Phi) is 6.01. The van der Waals surface area contributed by atoms with Gasteiger partial charge in [0, 0.05) is 12.7 Å². The first kappa shape index (κ1) is 23.0. The fourth-order valence-corrected chi connectivity index (χ4v) is 4.69. The molecule has 33 heavy (non-hydrogen) atoms. The van der Waals surface area contributed by atoms with E-state index in [9.17, 15) is 26.4 Å². The number of carbonyl (C=O) groups is 1. The summed E-state index contributed by atoms with van der Waals surface area (Å²) in [6.45, 7) is 0.478. The molecule has 0 spiro atoms. The summed E-state index contributed by atoms with van der Waals surface area (Å²) in [4.78, 5) is 23.3. The van der Waals surface area contributed by atoms with E-state index in [0.29, 0.717) is 31.2 Å². The highest BCUT2D eigenvalue weighted by molar-refractivity contribution is 7.90. The van der Waals surface area contributed by atoms with E-state index in [1.807, 2.05) is 30.3 Å². The van der Waals surface area contributed by atoms with Crippen LogP contribution in [-0.4, -0.2) is 53.9 Å². The molecule has 4 rings (SSSR count). The van der Waals surface area contributed by atoms with Crippen molar-refractivity contribution in [3.63, 3.8) is 0 Å². The minimum atomic E-state index is -4.65. The van der Waals surface area contributed by atoms with E-state index in [1.54, 1.807) is 0 Å². The van der Waals surface area contributed by atoms with Gasteiger partial charge in [0.05, 0.1) is 17.6 Å². The average molecular weight is 483 g/mol. The van der Waals surface area contributed by atoms with Gasteiger partial charge in [-0.05, 0) is 30.5 Å². The van der Waals surface area contributed by atoms with Gasteiger partial charge in [-0.15, -0.1) is 4.40 Å². The van der Waals surface area contributed by atoms with Gasteiger partial charge in [-0.1, -0.05) is 30.3 Å². The number of amides is 2. The first-order chi connectivity index (χ1) is 15.6. The zero-order valence-corrected chi connectivity index (χ0v) is 18.0. The van der Waals surface area contributed by atoms with Gasteiger partial charge in [-0.3, -0.25) is 4.84 Å². The number of fused-ring (bicyclic) bond motifs is 2. The number of aromatic nitrogens is 1. The van der Waals surface area contributed by atoms with E-state index < -0.39 is 38.9 Å². The van der Waals surface area contributed by atoms with E-state index in [-0.39, 0.29) is 25.0 Å². The number of carbonyl (C=O) groups excluding carboxylic acids is 1. The highest BCUT2D eigenvalue weighted by atomic mass is 32.2. The minimum absolute atomic E-state index is 0.194. The van der Waals surface area contributed by atoms with Gasteiger partial charge in [0.1, 0.15) is 12.4 Å². The minimum Gasteiger partial charge on any atom is -0.385 e. The maximum Gasteiger partial charge on any atom is 0.417 e. The molecule has 2 N–H and O–H groups in total. The maximum absolute atomic E-state index is 12.8. The predicted molar refractivity (Wildman–Crippen MR) is 110 cm³/mol. The van der Waals surface area contributed by atoms with Crippen molar-refractivity contribution in [1.29, 1.82) is 0 Å². The third-order valence-electron chi connectivity index (χ3n) is 5.43. The molecule has 2 atom stereocenters. The summed E-state index contributed by atoms with van der Waals surface area (Å²) < 4.78 is 66.6. The Morgan fingerprint density at radius 1 is 1.18 bits per heavy atom. The second-order valence-electron chi connectivity index (χ2n) is 7.64. The first-order valence-corrected chi connectivity index (χ1v) is 11.4. The van der Waals surface area contributed by atoms with Crippen molar-refractivity contribution in [2.75, 3.05) is 6.54 Å². The number of amidine groups is 1. The monoisotopic (exact) mass is 483 g/mol. The Morgan fingerprint density at radius 2 is 1.91 bits per heavy atom. The molecule has 3 heterocycles. The molecule has 0 unspecified atom stereocenters. The summed E-state index contributed by atoms with van der Waals surface area (Å²) in [5.41, 5.74) is 5.73. The Balaban J connectivity index is 1.47. The van der Waals surface area contributed by atoms with Gasteiger partial charge in [0.2, 0.25) is 0 Å². The molecular formula is C20H20F3N5O4S. The normalized spacial score (nSPS) is 21.5. The molecule has 1 aromatic heterocycles.